The van der Waals surface area contributed by atoms with Crippen molar-refractivity contribution in [3.8, 4) is 5.75 Å². The molecule has 2 atom stereocenters. The van der Waals surface area contributed by atoms with Crippen molar-refractivity contribution in [2.24, 2.45) is 11.0 Å². The molecule has 2 heterocycles. The first kappa shape index (κ1) is 12.4. The van der Waals surface area contributed by atoms with E-state index in [1.807, 2.05) is 6.07 Å². The second-order valence-electron chi connectivity index (χ2n) is 5.58. The van der Waals surface area contributed by atoms with E-state index in [1.54, 1.807) is 6.07 Å². The molecule has 2 aliphatic rings. The molecule has 0 saturated carbocycles. The third-order valence-electron chi connectivity index (χ3n) is 4.11. The number of rotatable bonds is 1. The largest absolute Gasteiger partial charge is 0.492 e. The summed E-state index contributed by atoms with van der Waals surface area (Å²) in [5.41, 5.74) is 7.23. The highest BCUT2D eigenvalue weighted by atomic mass is 19.1. The minimum absolute atomic E-state index is 0.0799. The number of fused-ring (bicyclic) bond motifs is 3. The molecular formula is C17H15FN2O. The van der Waals surface area contributed by atoms with E-state index in [9.17, 15) is 4.39 Å². The maximum Gasteiger partial charge on any atom is 0.128 e. The Hall–Kier alpha value is -2.36. The third kappa shape index (κ3) is 1.98. The van der Waals surface area contributed by atoms with E-state index in [0.29, 0.717) is 12.4 Å². The predicted octanol–water partition coefficient (Wildman–Crippen LogP) is 3.19. The summed E-state index contributed by atoms with van der Waals surface area (Å²) >= 11 is 0. The first-order valence-electron chi connectivity index (χ1n) is 7.05. The Bertz CT molecular complexity index is 741. The van der Waals surface area contributed by atoms with Crippen molar-refractivity contribution in [1.29, 1.82) is 0 Å². The highest BCUT2D eigenvalue weighted by Gasteiger charge is 2.38. The number of hydrazone groups is 1. The Kier molecular flexibility index (Phi) is 2.70. The molecule has 0 bridgehead atoms. The molecule has 2 aromatic rings. The van der Waals surface area contributed by atoms with Gasteiger partial charge in [-0.05, 0) is 30.7 Å². The van der Waals surface area contributed by atoms with E-state index in [-0.39, 0.29) is 17.8 Å². The van der Waals surface area contributed by atoms with Gasteiger partial charge < -0.3 is 10.2 Å². The van der Waals surface area contributed by atoms with Crippen LogP contribution in [0.1, 0.15) is 22.7 Å². The standard InChI is InChI=1S/C17H15FN2O/c1-10-3-2-4-11(7-10)16-14-9-21-15-6-5-12(18)8-13(15)17(14)20-19-16/h2-8,14,16,19H,9H2,1H3/t14-,16+/m1/s1. The van der Waals surface area contributed by atoms with Crippen LogP contribution in [0.25, 0.3) is 0 Å². The summed E-state index contributed by atoms with van der Waals surface area (Å²) in [7, 11) is 0. The first-order chi connectivity index (χ1) is 10.2. The molecule has 0 saturated heterocycles. The van der Waals surface area contributed by atoms with Gasteiger partial charge in [-0.25, -0.2) is 4.39 Å². The van der Waals surface area contributed by atoms with Crippen LogP contribution < -0.4 is 10.2 Å². The maximum absolute atomic E-state index is 13.5. The molecule has 4 heteroatoms. The summed E-state index contributed by atoms with van der Waals surface area (Å²) in [5.74, 6) is 0.555. The van der Waals surface area contributed by atoms with Crippen molar-refractivity contribution >= 4 is 5.71 Å². The van der Waals surface area contributed by atoms with Crippen LogP contribution >= 0.6 is 0 Å². The summed E-state index contributed by atoms with van der Waals surface area (Å²) in [6, 6.07) is 13.0. The van der Waals surface area contributed by atoms with Gasteiger partial charge in [0.25, 0.3) is 0 Å². The van der Waals surface area contributed by atoms with Gasteiger partial charge in [0.2, 0.25) is 0 Å². The number of aryl methyl sites for hydroxylation is 1. The van der Waals surface area contributed by atoms with Crippen molar-refractivity contribution in [1.82, 2.24) is 5.43 Å². The van der Waals surface area contributed by atoms with Gasteiger partial charge in [-0.2, -0.15) is 5.10 Å². The number of ether oxygens (including phenoxy) is 1. The van der Waals surface area contributed by atoms with Crippen molar-refractivity contribution in [2.45, 2.75) is 13.0 Å². The lowest BCUT2D eigenvalue weighted by molar-refractivity contribution is 0.253. The predicted molar refractivity (Wildman–Crippen MR) is 79.0 cm³/mol. The van der Waals surface area contributed by atoms with Crippen molar-refractivity contribution in [2.75, 3.05) is 6.61 Å². The fourth-order valence-electron chi connectivity index (χ4n) is 3.08. The first-order valence-corrected chi connectivity index (χ1v) is 7.05. The van der Waals surface area contributed by atoms with Crippen molar-refractivity contribution < 1.29 is 9.13 Å². The molecule has 4 rings (SSSR count). The van der Waals surface area contributed by atoms with Crippen LogP contribution in [0.4, 0.5) is 4.39 Å². The zero-order chi connectivity index (χ0) is 14.4. The SMILES string of the molecule is Cc1cccc([C@@H]2NN=C3c4cc(F)ccc4OC[C@@H]32)c1. The van der Waals surface area contributed by atoms with E-state index < -0.39 is 0 Å². The minimum atomic E-state index is -0.264. The molecular weight excluding hydrogens is 267 g/mol. The zero-order valence-corrected chi connectivity index (χ0v) is 11.6. The molecule has 0 fully saturated rings. The Labute approximate surface area is 122 Å². The molecule has 0 aliphatic carbocycles. The van der Waals surface area contributed by atoms with Gasteiger partial charge in [0.1, 0.15) is 11.6 Å². The summed E-state index contributed by atoms with van der Waals surface area (Å²) in [6.07, 6.45) is 0. The third-order valence-corrected chi connectivity index (χ3v) is 4.11. The van der Waals surface area contributed by atoms with Crippen LogP contribution in [0, 0.1) is 18.7 Å². The lowest BCUT2D eigenvalue weighted by Crippen LogP contribution is -2.31. The monoisotopic (exact) mass is 282 g/mol. The van der Waals surface area contributed by atoms with Gasteiger partial charge in [-0.15, -0.1) is 0 Å². The van der Waals surface area contributed by atoms with Gasteiger partial charge in [0.15, 0.2) is 0 Å². The van der Waals surface area contributed by atoms with Crippen LogP contribution in [0.15, 0.2) is 47.6 Å². The molecule has 2 aliphatic heterocycles. The number of hydrogen-bond donors (Lipinski definition) is 1. The van der Waals surface area contributed by atoms with E-state index in [4.69, 9.17) is 4.74 Å². The van der Waals surface area contributed by atoms with Crippen LogP contribution in [0.2, 0.25) is 0 Å². The molecule has 0 radical (unpaired) electrons. The van der Waals surface area contributed by atoms with Gasteiger partial charge in [-0.3, -0.25) is 0 Å². The molecule has 1 N–H and O–H groups in total. The summed E-state index contributed by atoms with van der Waals surface area (Å²) < 4.78 is 19.3. The Balaban J connectivity index is 1.72. The molecule has 2 aromatic carbocycles. The number of halogens is 1. The smallest absolute Gasteiger partial charge is 0.128 e. The lowest BCUT2D eigenvalue weighted by atomic mass is 9.86. The quantitative estimate of drug-likeness (QED) is 0.871. The van der Waals surface area contributed by atoms with E-state index in [2.05, 4.69) is 35.7 Å². The summed E-state index contributed by atoms with van der Waals surface area (Å²) in [4.78, 5) is 0. The van der Waals surface area contributed by atoms with Crippen LogP contribution in [-0.2, 0) is 0 Å². The second kappa shape index (κ2) is 4.58. The molecule has 0 spiro atoms. The topological polar surface area (TPSA) is 33.6 Å². The van der Waals surface area contributed by atoms with E-state index in [0.717, 1.165) is 11.3 Å². The van der Waals surface area contributed by atoms with Gasteiger partial charge in [0, 0.05) is 5.56 Å². The fourth-order valence-corrected chi connectivity index (χ4v) is 3.08. The normalized spacial score (nSPS) is 22.7. The molecule has 0 aromatic heterocycles. The zero-order valence-electron chi connectivity index (χ0n) is 11.6. The van der Waals surface area contributed by atoms with E-state index >= 15 is 0 Å². The molecule has 21 heavy (non-hydrogen) atoms. The Morgan fingerprint density at radius 2 is 2.14 bits per heavy atom. The Morgan fingerprint density at radius 1 is 1.24 bits per heavy atom. The molecule has 0 amide bonds. The number of benzene rings is 2. The number of nitrogens with zero attached hydrogens (tertiary/aromatic N) is 1. The van der Waals surface area contributed by atoms with Crippen molar-refractivity contribution in [3.63, 3.8) is 0 Å². The maximum atomic E-state index is 13.5. The number of nitrogens with one attached hydrogen (secondary N) is 1. The van der Waals surface area contributed by atoms with Crippen molar-refractivity contribution in [3.05, 3.63) is 65.0 Å². The highest BCUT2D eigenvalue weighted by molar-refractivity contribution is 6.06. The average Bonchev–Trinajstić information content (AvgIpc) is 2.91. The molecule has 3 nitrogen and oxygen atoms in total. The lowest BCUT2D eigenvalue weighted by Gasteiger charge is -2.27. The minimum Gasteiger partial charge on any atom is -0.492 e. The second-order valence-corrected chi connectivity index (χ2v) is 5.58. The molecule has 106 valence electrons. The number of hydrogen-bond acceptors (Lipinski definition) is 3. The van der Waals surface area contributed by atoms with Crippen LogP contribution in [0.3, 0.4) is 0 Å². The summed E-state index contributed by atoms with van der Waals surface area (Å²) in [5, 5.41) is 4.45. The fraction of sp³-hybridized carbons (Fsp3) is 0.235. The Morgan fingerprint density at radius 3 is 3.00 bits per heavy atom. The summed E-state index contributed by atoms with van der Waals surface area (Å²) in [6.45, 7) is 2.63. The molecule has 0 unspecified atom stereocenters. The van der Waals surface area contributed by atoms with Gasteiger partial charge >= 0.3 is 0 Å². The van der Waals surface area contributed by atoms with Crippen LogP contribution in [-0.4, -0.2) is 12.3 Å². The van der Waals surface area contributed by atoms with Gasteiger partial charge in [0.05, 0.1) is 24.3 Å². The van der Waals surface area contributed by atoms with Crippen LogP contribution in [0.5, 0.6) is 5.75 Å². The van der Waals surface area contributed by atoms with Gasteiger partial charge in [-0.1, -0.05) is 29.8 Å². The highest BCUT2D eigenvalue weighted by Crippen LogP contribution is 2.37. The van der Waals surface area contributed by atoms with E-state index in [1.165, 1.54) is 23.3 Å². The average molecular weight is 282 g/mol.